The highest BCUT2D eigenvalue weighted by molar-refractivity contribution is 7.05. The van der Waals surface area contributed by atoms with Crippen molar-refractivity contribution in [3.05, 3.63) is 46.5 Å². The number of aromatic nitrogens is 2. The minimum atomic E-state index is 0.200. The molecule has 4 heteroatoms. The normalized spacial score (nSPS) is 12.7. The fraction of sp³-hybridized carbons (Fsp3) is 0.273. The summed E-state index contributed by atoms with van der Waals surface area (Å²) in [6, 6.07) is 8.71. The van der Waals surface area contributed by atoms with Crippen LogP contribution in [0.3, 0.4) is 0 Å². The highest BCUT2D eigenvalue weighted by Crippen LogP contribution is 2.23. The molecule has 0 bridgehead atoms. The average Bonchev–Trinajstić information content (AvgIpc) is 2.75. The van der Waals surface area contributed by atoms with Gasteiger partial charge in [0, 0.05) is 0 Å². The molecule has 0 saturated carbocycles. The number of benzene rings is 1. The van der Waals surface area contributed by atoms with Crippen LogP contribution in [0, 0.1) is 6.92 Å². The molecular weight excluding hydrogens is 206 g/mol. The van der Waals surface area contributed by atoms with Crippen LogP contribution in [0.2, 0.25) is 0 Å². The lowest BCUT2D eigenvalue weighted by Gasteiger charge is -2.13. The maximum Gasteiger partial charge on any atom is 0.0701 e. The van der Waals surface area contributed by atoms with Gasteiger partial charge in [0.15, 0.2) is 0 Å². The van der Waals surface area contributed by atoms with Crippen LogP contribution in [-0.4, -0.2) is 16.6 Å². The van der Waals surface area contributed by atoms with E-state index in [2.05, 4.69) is 46.1 Å². The van der Waals surface area contributed by atoms with E-state index in [1.54, 1.807) is 0 Å². The molecule has 78 valence electrons. The predicted octanol–water partition coefficient (Wildman–Crippen LogP) is 2.16. The molecule has 0 aliphatic carbocycles. The Morgan fingerprint density at radius 1 is 1.27 bits per heavy atom. The van der Waals surface area contributed by atoms with Crippen LogP contribution < -0.4 is 5.32 Å². The van der Waals surface area contributed by atoms with E-state index in [0.29, 0.717) is 0 Å². The number of rotatable bonds is 3. The molecule has 2 aromatic rings. The summed E-state index contributed by atoms with van der Waals surface area (Å²) < 4.78 is 3.89. The molecule has 0 aliphatic rings. The van der Waals surface area contributed by atoms with E-state index in [1.165, 1.54) is 22.7 Å². The van der Waals surface area contributed by atoms with E-state index in [-0.39, 0.29) is 6.04 Å². The van der Waals surface area contributed by atoms with Gasteiger partial charge in [-0.25, -0.2) is 0 Å². The van der Waals surface area contributed by atoms with E-state index < -0.39 is 0 Å². The Morgan fingerprint density at radius 2 is 2.00 bits per heavy atom. The summed E-state index contributed by atoms with van der Waals surface area (Å²) in [5.41, 5.74) is 2.52. The molecule has 0 spiro atoms. The van der Waals surface area contributed by atoms with Crippen LogP contribution >= 0.6 is 11.5 Å². The lowest BCUT2D eigenvalue weighted by molar-refractivity contribution is 0.702. The van der Waals surface area contributed by atoms with Gasteiger partial charge in [-0.2, -0.15) is 0 Å². The SMILES string of the molecule is CNC(c1ccc(C)cc1)c1cnns1. The number of aryl methyl sites for hydroxylation is 1. The van der Waals surface area contributed by atoms with Gasteiger partial charge < -0.3 is 5.32 Å². The minimum absolute atomic E-state index is 0.200. The van der Waals surface area contributed by atoms with Crippen molar-refractivity contribution in [3.8, 4) is 0 Å². The van der Waals surface area contributed by atoms with E-state index in [9.17, 15) is 0 Å². The van der Waals surface area contributed by atoms with Gasteiger partial charge in [0.2, 0.25) is 0 Å². The summed E-state index contributed by atoms with van der Waals surface area (Å²) in [5.74, 6) is 0. The zero-order valence-electron chi connectivity index (χ0n) is 8.77. The summed E-state index contributed by atoms with van der Waals surface area (Å²) in [7, 11) is 1.95. The second-order valence-electron chi connectivity index (χ2n) is 3.45. The second-order valence-corrected chi connectivity index (χ2v) is 4.27. The largest absolute Gasteiger partial charge is 0.309 e. The first kappa shape index (κ1) is 10.3. The van der Waals surface area contributed by atoms with Crippen LogP contribution in [0.15, 0.2) is 30.5 Å². The van der Waals surface area contributed by atoms with Gasteiger partial charge in [0.05, 0.1) is 17.1 Å². The van der Waals surface area contributed by atoms with Crippen LogP contribution in [-0.2, 0) is 0 Å². The molecule has 2 rings (SSSR count). The smallest absolute Gasteiger partial charge is 0.0701 e. The Morgan fingerprint density at radius 3 is 2.53 bits per heavy atom. The Labute approximate surface area is 93.3 Å². The third kappa shape index (κ3) is 2.22. The summed E-state index contributed by atoms with van der Waals surface area (Å²) in [5, 5.41) is 7.13. The topological polar surface area (TPSA) is 37.8 Å². The molecule has 1 atom stereocenters. The maximum absolute atomic E-state index is 3.89. The van der Waals surface area contributed by atoms with Crippen molar-refractivity contribution in [2.45, 2.75) is 13.0 Å². The molecule has 0 aliphatic heterocycles. The maximum atomic E-state index is 3.89. The van der Waals surface area contributed by atoms with Crippen LogP contribution in [0.5, 0.6) is 0 Å². The second kappa shape index (κ2) is 4.51. The summed E-state index contributed by atoms with van der Waals surface area (Å²) in [4.78, 5) is 1.14. The van der Waals surface area contributed by atoms with Crippen LogP contribution in [0.1, 0.15) is 22.0 Å². The van der Waals surface area contributed by atoms with Crippen molar-refractivity contribution in [1.82, 2.24) is 14.9 Å². The van der Waals surface area contributed by atoms with Gasteiger partial charge in [-0.3, -0.25) is 0 Å². The zero-order chi connectivity index (χ0) is 10.7. The standard InChI is InChI=1S/C11H13N3S/c1-8-3-5-9(6-4-8)11(12-2)10-7-13-14-15-10/h3-7,11-12H,1-2H3. The predicted molar refractivity (Wildman–Crippen MR) is 62.0 cm³/mol. The van der Waals surface area contributed by atoms with Gasteiger partial charge in [0.1, 0.15) is 0 Å². The van der Waals surface area contributed by atoms with Crippen molar-refractivity contribution in [2.24, 2.45) is 0 Å². The fourth-order valence-electron chi connectivity index (χ4n) is 1.53. The molecule has 1 aromatic heterocycles. The van der Waals surface area contributed by atoms with E-state index in [4.69, 9.17) is 0 Å². The summed E-state index contributed by atoms with van der Waals surface area (Å²) in [6.45, 7) is 2.09. The summed E-state index contributed by atoms with van der Waals surface area (Å²) >= 11 is 1.43. The minimum Gasteiger partial charge on any atom is -0.309 e. The molecule has 15 heavy (non-hydrogen) atoms. The van der Waals surface area contributed by atoms with E-state index in [1.807, 2.05) is 13.2 Å². The fourth-order valence-corrected chi connectivity index (χ4v) is 2.18. The highest BCUT2D eigenvalue weighted by Gasteiger charge is 2.13. The number of nitrogens with zero attached hydrogens (tertiary/aromatic N) is 2. The van der Waals surface area contributed by atoms with Gasteiger partial charge in [-0.15, -0.1) is 5.10 Å². The van der Waals surface area contributed by atoms with E-state index in [0.717, 1.165) is 4.88 Å². The van der Waals surface area contributed by atoms with Crippen LogP contribution in [0.4, 0.5) is 0 Å². The number of hydrogen-bond acceptors (Lipinski definition) is 4. The van der Waals surface area contributed by atoms with Crippen molar-refractivity contribution in [3.63, 3.8) is 0 Å². The van der Waals surface area contributed by atoms with Crippen molar-refractivity contribution in [2.75, 3.05) is 7.05 Å². The Bertz CT molecular complexity index is 408. The Balaban J connectivity index is 2.31. The molecule has 3 nitrogen and oxygen atoms in total. The van der Waals surface area contributed by atoms with Gasteiger partial charge in [-0.1, -0.05) is 34.3 Å². The Kier molecular flexibility index (Phi) is 3.08. The molecule has 1 aromatic carbocycles. The van der Waals surface area contributed by atoms with Crippen molar-refractivity contribution >= 4 is 11.5 Å². The molecule has 1 heterocycles. The first-order valence-corrected chi connectivity index (χ1v) is 5.59. The highest BCUT2D eigenvalue weighted by atomic mass is 32.1. The first-order valence-electron chi connectivity index (χ1n) is 4.82. The molecule has 0 fully saturated rings. The first-order chi connectivity index (χ1) is 7.31. The molecule has 0 amide bonds. The lowest BCUT2D eigenvalue weighted by atomic mass is 10.0. The van der Waals surface area contributed by atoms with Crippen molar-refractivity contribution < 1.29 is 0 Å². The third-order valence-corrected chi connectivity index (χ3v) is 3.09. The van der Waals surface area contributed by atoms with Crippen molar-refractivity contribution in [1.29, 1.82) is 0 Å². The van der Waals surface area contributed by atoms with E-state index >= 15 is 0 Å². The summed E-state index contributed by atoms with van der Waals surface area (Å²) in [6.07, 6.45) is 1.81. The van der Waals surface area contributed by atoms with Crippen LogP contribution in [0.25, 0.3) is 0 Å². The molecule has 0 saturated heterocycles. The average molecular weight is 219 g/mol. The monoisotopic (exact) mass is 219 g/mol. The van der Waals surface area contributed by atoms with Gasteiger partial charge in [-0.05, 0) is 31.1 Å². The molecule has 1 N–H and O–H groups in total. The zero-order valence-corrected chi connectivity index (χ0v) is 9.58. The quantitative estimate of drug-likeness (QED) is 0.859. The molecular formula is C11H13N3S. The Hall–Kier alpha value is -1.26. The molecule has 1 unspecified atom stereocenters. The third-order valence-electron chi connectivity index (χ3n) is 2.36. The lowest BCUT2D eigenvalue weighted by Crippen LogP contribution is -2.16. The van der Waals surface area contributed by atoms with Gasteiger partial charge in [0.25, 0.3) is 0 Å². The number of nitrogens with one attached hydrogen (secondary N) is 1. The number of hydrogen-bond donors (Lipinski definition) is 1. The van der Waals surface area contributed by atoms with Gasteiger partial charge >= 0.3 is 0 Å². The molecule has 0 radical (unpaired) electrons.